The monoisotopic (exact) mass is 168 g/mol. The lowest BCUT2D eigenvalue weighted by Gasteiger charge is -2.04. The van der Waals surface area contributed by atoms with Crippen LogP contribution in [0.1, 0.15) is 26.7 Å². The molecule has 0 spiro atoms. The average Bonchev–Trinajstić information content (AvgIpc) is 2.04. The molecule has 0 N–H and O–H groups in total. The van der Waals surface area contributed by atoms with Gasteiger partial charge in [-0.1, -0.05) is 26.0 Å². The van der Waals surface area contributed by atoms with Crippen LogP contribution in [0.5, 0.6) is 0 Å². The molecule has 0 aromatic rings. The van der Waals surface area contributed by atoms with Gasteiger partial charge >= 0.3 is 6.09 Å². The van der Waals surface area contributed by atoms with Crippen molar-refractivity contribution in [1.29, 1.82) is 0 Å². The molecule has 12 heavy (non-hydrogen) atoms. The summed E-state index contributed by atoms with van der Waals surface area (Å²) in [6.07, 6.45) is 6.91. The van der Waals surface area contributed by atoms with Gasteiger partial charge in [0.1, 0.15) is 0 Å². The molecule has 3 nitrogen and oxygen atoms in total. The van der Waals surface area contributed by atoms with Crippen molar-refractivity contribution >= 4 is 6.09 Å². The Labute approximate surface area is 73.0 Å². The predicted octanol–water partition coefficient (Wildman–Crippen LogP) is 2.69. The molecule has 0 aliphatic rings. The van der Waals surface area contributed by atoms with Gasteiger partial charge in [-0.25, -0.2) is 9.90 Å². The van der Waals surface area contributed by atoms with Crippen molar-refractivity contribution in [2.45, 2.75) is 26.7 Å². The molecule has 0 heterocycles. The first-order valence-electron chi connectivity index (χ1n) is 4.05. The Hall–Kier alpha value is -1.25. The second kappa shape index (κ2) is 6.46. The van der Waals surface area contributed by atoms with E-state index in [1.165, 1.54) is 12.4 Å². The molecular formula is C9H14NO2. The van der Waals surface area contributed by atoms with Crippen molar-refractivity contribution in [2.24, 2.45) is 0 Å². The van der Waals surface area contributed by atoms with E-state index in [9.17, 15) is 9.90 Å². The van der Waals surface area contributed by atoms with E-state index in [1.54, 1.807) is 12.2 Å². The zero-order chi connectivity index (χ0) is 9.40. The maximum atomic E-state index is 10.4. The van der Waals surface area contributed by atoms with E-state index in [0.29, 0.717) is 0 Å². The van der Waals surface area contributed by atoms with Gasteiger partial charge in [-0.3, -0.25) is 4.90 Å². The highest BCUT2D eigenvalue weighted by Crippen LogP contribution is 1.95. The molecule has 0 fully saturated rings. The third-order valence-corrected chi connectivity index (χ3v) is 1.21. The highest BCUT2D eigenvalue weighted by molar-refractivity contribution is 5.67. The van der Waals surface area contributed by atoms with Crippen molar-refractivity contribution in [3.05, 3.63) is 24.6 Å². The number of hydrogen-bond acceptors (Lipinski definition) is 1. The van der Waals surface area contributed by atoms with Crippen LogP contribution in [-0.4, -0.2) is 11.0 Å². The first-order chi connectivity index (χ1) is 5.72. The first kappa shape index (κ1) is 10.8. The molecule has 0 atom stereocenters. The minimum absolute atomic E-state index is 0.809. The third-order valence-electron chi connectivity index (χ3n) is 1.21. The summed E-state index contributed by atoms with van der Waals surface area (Å²) in [7, 11) is 0. The van der Waals surface area contributed by atoms with Crippen molar-refractivity contribution in [2.75, 3.05) is 0 Å². The van der Waals surface area contributed by atoms with Crippen LogP contribution in [-0.2, 0) is 5.11 Å². The molecule has 67 valence electrons. The molecule has 0 rings (SSSR count). The molecule has 3 heteroatoms. The first-order valence-corrected chi connectivity index (χ1v) is 4.05. The molecule has 0 bridgehead atoms. The zero-order valence-corrected chi connectivity index (χ0v) is 7.49. The maximum absolute atomic E-state index is 10.4. The van der Waals surface area contributed by atoms with Gasteiger partial charge in [0.2, 0.25) is 0 Å². The van der Waals surface area contributed by atoms with Gasteiger partial charge in [-0.15, -0.1) is 0 Å². The molecule has 0 aromatic carbocycles. The number of allylic oxidation sites excluding steroid dienone is 2. The Kier molecular flexibility index (Phi) is 5.79. The Morgan fingerprint density at radius 1 is 1.17 bits per heavy atom. The van der Waals surface area contributed by atoms with Crippen LogP contribution in [0.25, 0.3) is 0 Å². The van der Waals surface area contributed by atoms with Crippen molar-refractivity contribution in [1.82, 2.24) is 4.90 Å². The minimum Gasteiger partial charge on any atom is -0.258 e. The molecule has 0 saturated carbocycles. The molecule has 0 aliphatic carbocycles. The number of hydrogen-bond donors (Lipinski definition) is 0. The lowest BCUT2D eigenvalue weighted by Crippen LogP contribution is -2.15. The Balaban J connectivity index is 4.13. The molecule has 1 radical (unpaired) electrons. The normalized spacial score (nSPS) is 11.2. The summed E-state index contributed by atoms with van der Waals surface area (Å²) < 4.78 is 0. The SMILES string of the molecule is CCC=CN(C=CCC)C([O])=O. The number of amides is 1. The van der Waals surface area contributed by atoms with Gasteiger partial charge in [0.05, 0.1) is 0 Å². The van der Waals surface area contributed by atoms with Crippen LogP contribution in [0.3, 0.4) is 0 Å². The van der Waals surface area contributed by atoms with Crippen molar-refractivity contribution in [3.8, 4) is 0 Å². The van der Waals surface area contributed by atoms with Crippen LogP contribution in [0, 0.1) is 0 Å². The van der Waals surface area contributed by atoms with Crippen LogP contribution in [0.15, 0.2) is 24.6 Å². The van der Waals surface area contributed by atoms with E-state index in [-0.39, 0.29) is 0 Å². The Morgan fingerprint density at radius 3 is 1.83 bits per heavy atom. The number of nitrogens with zero attached hydrogens (tertiary/aromatic N) is 1. The quantitative estimate of drug-likeness (QED) is 0.636. The lowest BCUT2D eigenvalue weighted by atomic mass is 10.4. The predicted molar refractivity (Wildman–Crippen MR) is 46.8 cm³/mol. The molecule has 0 aliphatic heterocycles. The standard InChI is InChI=1S/C9H14NO2/c1-3-5-7-10(9(11)12)8-6-4-2/h5-8H,3-4H2,1-2H3. The summed E-state index contributed by atoms with van der Waals surface area (Å²) in [5.74, 6) is 0. The minimum atomic E-state index is -1.20. The van der Waals surface area contributed by atoms with Crippen LogP contribution < -0.4 is 0 Å². The van der Waals surface area contributed by atoms with Crippen LogP contribution in [0.2, 0.25) is 0 Å². The van der Waals surface area contributed by atoms with E-state index in [1.807, 2.05) is 13.8 Å². The highest BCUT2D eigenvalue weighted by atomic mass is 16.4. The second-order valence-corrected chi connectivity index (χ2v) is 2.26. The largest absolute Gasteiger partial charge is 0.461 e. The third kappa shape index (κ3) is 4.55. The molecule has 1 amide bonds. The smallest absolute Gasteiger partial charge is 0.258 e. The van der Waals surface area contributed by atoms with Crippen LogP contribution in [0.4, 0.5) is 4.79 Å². The highest BCUT2D eigenvalue weighted by Gasteiger charge is 2.04. The van der Waals surface area contributed by atoms with Gasteiger partial charge in [-0.05, 0) is 12.8 Å². The Morgan fingerprint density at radius 2 is 1.58 bits per heavy atom. The van der Waals surface area contributed by atoms with Gasteiger partial charge in [0.15, 0.2) is 0 Å². The van der Waals surface area contributed by atoms with E-state index < -0.39 is 6.09 Å². The maximum Gasteiger partial charge on any atom is 0.461 e. The zero-order valence-electron chi connectivity index (χ0n) is 7.49. The van der Waals surface area contributed by atoms with Gasteiger partial charge in [0, 0.05) is 12.4 Å². The van der Waals surface area contributed by atoms with E-state index >= 15 is 0 Å². The second-order valence-electron chi connectivity index (χ2n) is 2.26. The van der Waals surface area contributed by atoms with E-state index in [0.717, 1.165) is 17.7 Å². The number of carbonyl (C=O) groups excluding carboxylic acids is 1. The lowest BCUT2D eigenvalue weighted by molar-refractivity contribution is 0.148. The molecule has 0 aromatic heterocycles. The number of rotatable bonds is 4. The topological polar surface area (TPSA) is 40.2 Å². The van der Waals surface area contributed by atoms with E-state index in [2.05, 4.69) is 0 Å². The van der Waals surface area contributed by atoms with Crippen molar-refractivity contribution in [3.63, 3.8) is 0 Å². The van der Waals surface area contributed by atoms with Gasteiger partial charge < -0.3 is 0 Å². The molecule has 0 saturated heterocycles. The fourth-order valence-electron chi connectivity index (χ4n) is 0.609. The fourth-order valence-corrected chi connectivity index (χ4v) is 0.609. The summed E-state index contributed by atoms with van der Waals surface area (Å²) in [5.41, 5.74) is 0. The van der Waals surface area contributed by atoms with Crippen molar-refractivity contribution < 1.29 is 9.90 Å². The summed E-state index contributed by atoms with van der Waals surface area (Å²) in [6, 6.07) is 0. The summed E-state index contributed by atoms with van der Waals surface area (Å²) in [5, 5.41) is 10.4. The van der Waals surface area contributed by atoms with Gasteiger partial charge in [-0.2, -0.15) is 0 Å². The summed E-state index contributed by atoms with van der Waals surface area (Å²) >= 11 is 0. The Bertz CT molecular complexity index is 171. The average molecular weight is 168 g/mol. The summed E-state index contributed by atoms with van der Waals surface area (Å²) in [6.45, 7) is 3.88. The fraction of sp³-hybridized carbons (Fsp3) is 0.444. The molecule has 0 unspecified atom stereocenters. The summed E-state index contributed by atoms with van der Waals surface area (Å²) in [4.78, 5) is 11.5. The van der Waals surface area contributed by atoms with E-state index in [4.69, 9.17) is 0 Å². The van der Waals surface area contributed by atoms with Gasteiger partial charge in [0.25, 0.3) is 0 Å². The van der Waals surface area contributed by atoms with Crippen LogP contribution >= 0.6 is 0 Å². The molecular weight excluding hydrogens is 154 g/mol. The number of carbonyl (C=O) groups is 1.